The number of rotatable bonds is 1. The van der Waals surface area contributed by atoms with Crippen molar-refractivity contribution in [3.05, 3.63) is 70.3 Å². The predicted molar refractivity (Wildman–Crippen MR) is 117 cm³/mol. The Morgan fingerprint density at radius 1 is 1.11 bits per heavy atom. The van der Waals surface area contributed by atoms with Crippen LogP contribution in [0.5, 0.6) is 0 Å². The van der Waals surface area contributed by atoms with Crippen molar-refractivity contribution >= 4 is 27.7 Å². The smallest absolute Gasteiger partial charge is 0.145 e. The maximum atomic E-state index is 9.08. The molecule has 2 aromatic carbocycles. The van der Waals surface area contributed by atoms with Crippen LogP contribution in [0.2, 0.25) is 0 Å². The molecule has 2 aliphatic rings. The van der Waals surface area contributed by atoms with Gasteiger partial charge in [0.1, 0.15) is 11.2 Å². The lowest BCUT2D eigenvalue weighted by molar-refractivity contribution is 0.641. The fourth-order valence-corrected chi connectivity index (χ4v) is 5.20. The minimum absolute atomic E-state index is 0.0212. The van der Waals surface area contributed by atoms with E-state index in [1.165, 1.54) is 22.3 Å². The molecule has 0 bridgehead atoms. The molecule has 5 rings (SSSR count). The van der Waals surface area contributed by atoms with Gasteiger partial charge in [0.15, 0.2) is 0 Å². The number of hydrogen-bond acceptors (Lipinski definition) is 2. The number of para-hydroxylation sites is 1. The Morgan fingerprint density at radius 3 is 2.61 bits per heavy atom. The van der Waals surface area contributed by atoms with Crippen LogP contribution >= 0.6 is 0 Å². The van der Waals surface area contributed by atoms with Crippen molar-refractivity contribution in [3.8, 4) is 0 Å². The monoisotopic (exact) mass is 369 g/mol. The zero-order valence-corrected chi connectivity index (χ0v) is 17.3. The number of benzene rings is 2. The number of fused-ring (bicyclic) bond motifs is 7. The van der Waals surface area contributed by atoms with E-state index in [1.807, 2.05) is 12.1 Å². The molecule has 0 amide bonds. The zero-order chi connectivity index (χ0) is 19.8. The maximum absolute atomic E-state index is 9.08. The molecule has 0 radical (unpaired) electrons. The van der Waals surface area contributed by atoms with E-state index in [0.29, 0.717) is 17.5 Å². The molecule has 1 N–H and O–H groups in total. The molecule has 2 aliphatic carbocycles. The third-order valence-electron chi connectivity index (χ3n) is 7.09. The Kier molecular flexibility index (Phi) is 3.56. The lowest BCUT2D eigenvalue weighted by Crippen LogP contribution is -2.11. The molecular weight excluding hydrogens is 342 g/mol. The van der Waals surface area contributed by atoms with Crippen LogP contribution in [0.15, 0.2) is 63.6 Å². The topological polar surface area (TPSA) is 37.0 Å². The van der Waals surface area contributed by atoms with Gasteiger partial charge >= 0.3 is 0 Å². The van der Waals surface area contributed by atoms with Gasteiger partial charge in [-0.3, -0.25) is 0 Å². The van der Waals surface area contributed by atoms with Gasteiger partial charge in [0.05, 0.1) is 5.71 Å². The SMILES string of the molecule is C/C1=C2\CC2(C)c2ccc3c(oc4ccccc43)c2C(=N)/C=C(/C(C)C)C1C. The highest BCUT2D eigenvalue weighted by molar-refractivity contribution is 6.19. The van der Waals surface area contributed by atoms with Crippen LogP contribution in [0.25, 0.3) is 21.9 Å². The van der Waals surface area contributed by atoms with E-state index in [4.69, 9.17) is 9.83 Å². The minimum atomic E-state index is 0.0212. The van der Waals surface area contributed by atoms with Crippen molar-refractivity contribution in [2.75, 3.05) is 0 Å². The van der Waals surface area contributed by atoms with Crippen LogP contribution < -0.4 is 0 Å². The molecule has 28 heavy (non-hydrogen) atoms. The van der Waals surface area contributed by atoms with E-state index >= 15 is 0 Å². The van der Waals surface area contributed by atoms with Gasteiger partial charge in [0.2, 0.25) is 0 Å². The standard InChI is InChI=1S/C26H27NO/c1-14(2)19-12-22(27)24-20(26(5)13-21(26)16(4)15(19)3)11-10-18-17-8-6-7-9-23(17)28-25(18)24/h6-12,14-15,27H,13H2,1-5H3/b19-12-,21-16-,27-22?. The minimum Gasteiger partial charge on any atom is -0.455 e. The first-order chi connectivity index (χ1) is 13.3. The summed E-state index contributed by atoms with van der Waals surface area (Å²) in [5.74, 6) is 0.782. The highest BCUT2D eigenvalue weighted by Gasteiger charge is 2.49. The lowest BCUT2D eigenvalue weighted by atomic mass is 9.85. The van der Waals surface area contributed by atoms with E-state index in [2.05, 4.69) is 65.0 Å². The second kappa shape index (κ2) is 5.70. The van der Waals surface area contributed by atoms with Gasteiger partial charge in [-0.2, -0.15) is 0 Å². The molecule has 2 heteroatoms. The third-order valence-corrected chi connectivity index (χ3v) is 7.09. The summed E-state index contributed by atoms with van der Waals surface area (Å²) in [5.41, 5.74) is 8.94. The highest BCUT2D eigenvalue weighted by atomic mass is 16.3. The predicted octanol–water partition coefficient (Wildman–Crippen LogP) is 7.16. The molecule has 2 atom stereocenters. The Hall–Kier alpha value is -2.61. The molecular formula is C26H27NO. The highest BCUT2D eigenvalue weighted by Crippen LogP contribution is 2.58. The van der Waals surface area contributed by atoms with Crippen molar-refractivity contribution < 1.29 is 4.42 Å². The number of hydrogen-bond donors (Lipinski definition) is 1. The van der Waals surface area contributed by atoms with Crippen LogP contribution in [0, 0.1) is 17.2 Å². The summed E-state index contributed by atoms with van der Waals surface area (Å²) >= 11 is 0. The Bertz CT molecular complexity index is 1220. The third kappa shape index (κ3) is 2.24. The molecule has 1 saturated carbocycles. The van der Waals surface area contributed by atoms with Gasteiger partial charge in [-0.1, -0.05) is 74.7 Å². The first-order valence-electron chi connectivity index (χ1n) is 10.3. The first kappa shape index (κ1) is 17.5. The van der Waals surface area contributed by atoms with E-state index in [-0.39, 0.29) is 5.41 Å². The van der Waals surface area contributed by atoms with Gasteiger partial charge in [0, 0.05) is 21.8 Å². The second-order valence-electron chi connectivity index (χ2n) is 9.07. The maximum Gasteiger partial charge on any atom is 0.145 e. The van der Waals surface area contributed by atoms with Gasteiger partial charge < -0.3 is 9.83 Å². The van der Waals surface area contributed by atoms with E-state index < -0.39 is 0 Å². The van der Waals surface area contributed by atoms with Crippen molar-refractivity contribution in [3.63, 3.8) is 0 Å². The summed E-state index contributed by atoms with van der Waals surface area (Å²) in [5, 5.41) is 11.3. The number of nitrogens with one attached hydrogen (secondary N) is 1. The Labute approximate surface area is 166 Å². The van der Waals surface area contributed by atoms with Gasteiger partial charge in [-0.15, -0.1) is 0 Å². The molecule has 3 aromatic rings. The molecule has 1 aromatic heterocycles. The summed E-state index contributed by atoms with van der Waals surface area (Å²) in [6, 6.07) is 12.6. The average Bonchev–Trinajstić information content (AvgIpc) is 3.22. The second-order valence-corrected chi connectivity index (χ2v) is 9.07. The molecule has 2 nitrogen and oxygen atoms in total. The average molecular weight is 370 g/mol. The first-order valence-corrected chi connectivity index (χ1v) is 10.3. The van der Waals surface area contributed by atoms with Crippen molar-refractivity contribution in [2.24, 2.45) is 11.8 Å². The lowest BCUT2D eigenvalue weighted by Gasteiger charge is -2.20. The quantitative estimate of drug-likeness (QED) is 0.454. The molecule has 0 saturated heterocycles. The van der Waals surface area contributed by atoms with Gasteiger partial charge in [-0.25, -0.2) is 0 Å². The van der Waals surface area contributed by atoms with Crippen LogP contribution in [0.1, 0.15) is 52.2 Å². The van der Waals surface area contributed by atoms with Gasteiger partial charge in [0.25, 0.3) is 0 Å². The molecule has 2 unspecified atom stereocenters. The summed E-state index contributed by atoms with van der Waals surface area (Å²) < 4.78 is 6.33. The summed E-state index contributed by atoms with van der Waals surface area (Å²) in [6.07, 6.45) is 3.19. The number of allylic oxidation sites excluding steroid dienone is 4. The largest absolute Gasteiger partial charge is 0.455 e. The molecule has 0 spiro atoms. The summed E-state index contributed by atoms with van der Waals surface area (Å²) in [7, 11) is 0. The van der Waals surface area contributed by atoms with Crippen LogP contribution in [-0.4, -0.2) is 5.71 Å². The molecule has 0 aliphatic heterocycles. The zero-order valence-electron chi connectivity index (χ0n) is 17.3. The molecule has 142 valence electrons. The fourth-order valence-electron chi connectivity index (χ4n) is 5.20. The summed E-state index contributed by atoms with van der Waals surface area (Å²) in [4.78, 5) is 0. The van der Waals surface area contributed by atoms with Crippen LogP contribution in [0.4, 0.5) is 0 Å². The summed E-state index contributed by atoms with van der Waals surface area (Å²) in [6.45, 7) is 11.4. The van der Waals surface area contributed by atoms with E-state index in [0.717, 1.165) is 33.9 Å². The van der Waals surface area contributed by atoms with Crippen LogP contribution in [-0.2, 0) is 5.41 Å². The molecule has 1 heterocycles. The number of furan rings is 1. The van der Waals surface area contributed by atoms with Crippen molar-refractivity contribution in [1.82, 2.24) is 0 Å². The van der Waals surface area contributed by atoms with E-state index in [1.54, 1.807) is 0 Å². The van der Waals surface area contributed by atoms with E-state index in [9.17, 15) is 0 Å². The Balaban J connectivity index is 1.89. The van der Waals surface area contributed by atoms with Crippen LogP contribution in [0.3, 0.4) is 0 Å². The normalized spacial score (nSPS) is 29.1. The van der Waals surface area contributed by atoms with Crippen molar-refractivity contribution in [1.29, 1.82) is 5.41 Å². The fraction of sp³-hybridized carbons (Fsp3) is 0.346. The molecule has 1 fully saturated rings. The van der Waals surface area contributed by atoms with Crippen molar-refractivity contribution in [2.45, 2.75) is 46.5 Å². The van der Waals surface area contributed by atoms with Gasteiger partial charge in [-0.05, 0) is 42.9 Å². The Morgan fingerprint density at radius 2 is 1.86 bits per heavy atom.